The molecule has 1 saturated heterocycles. The Morgan fingerprint density at radius 2 is 1.92 bits per heavy atom. The van der Waals surface area contributed by atoms with E-state index in [-0.39, 0.29) is 5.91 Å². The van der Waals surface area contributed by atoms with Crippen molar-refractivity contribution in [1.82, 2.24) is 10.0 Å². The molecule has 0 spiro atoms. The van der Waals surface area contributed by atoms with Crippen LogP contribution < -0.4 is 0 Å². The summed E-state index contributed by atoms with van der Waals surface area (Å²) in [7, 11) is 0. The first kappa shape index (κ1) is 7.80. The Bertz CT molecular complexity index is 207. The number of hydrogen-bond acceptors (Lipinski definition) is 2. The van der Waals surface area contributed by atoms with Gasteiger partial charge in [-0.15, -0.1) is 0 Å². The number of hydrogen-bond donors (Lipinski definition) is 0. The summed E-state index contributed by atoms with van der Waals surface area (Å²) in [6, 6.07) is 0. The average molecular weight is 166 g/mol. The van der Waals surface area contributed by atoms with Crippen LogP contribution in [0.25, 0.3) is 0 Å². The molecule has 2 heterocycles. The van der Waals surface area contributed by atoms with Gasteiger partial charge in [-0.25, -0.2) is 5.01 Å². The second kappa shape index (κ2) is 3.27. The molecule has 0 saturated carbocycles. The van der Waals surface area contributed by atoms with Crippen LogP contribution in [0, 0.1) is 0 Å². The van der Waals surface area contributed by atoms with Crippen molar-refractivity contribution < 1.29 is 4.79 Å². The van der Waals surface area contributed by atoms with Crippen molar-refractivity contribution in [1.29, 1.82) is 0 Å². The smallest absolute Gasteiger partial charge is 0.260 e. The van der Waals surface area contributed by atoms with Crippen LogP contribution in [0.5, 0.6) is 0 Å². The zero-order valence-corrected chi connectivity index (χ0v) is 7.20. The molecule has 0 aromatic rings. The third kappa shape index (κ3) is 1.37. The first-order valence-electron chi connectivity index (χ1n) is 4.61. The molecule has 0 bridgehead atoms. The Kier molecular flexibility index (Phi) is 2.13. The quantitative estimate of drug-likeness (QED) is 0.575. The molecule has 3 heteroatoms. The van der Waals surface area contributed by atoms with Crippen molar-refractivity contribution in [3.8, 4) is 0 Å². The number of amides is 1. The molecule has 0 radical (unpaired) electrons. The van der Waals surface area contributed by atoms with Gasteiger partial charge in [0.15, 0.2) is 0 Å². The zero-order valence-electron chi connectivity index (χ0n) is 7.20. The second-order valence-electron chi connectivity index (χ2n) is 3.34. The fourth-order valence-electron chi connectivity index (χ4n) is 1.80. The fourth-order valence-corrected chi connectivity index (χ4v) is 1.80. The standard InChI is InChI=1S/C9H14N2O/c12-9-5-4-8-11(9)10-6-2-1-3-7-10/h4-5H,1-3,6-8H2. The fraction of sp³-hybridized carbons (Fsp3) is 0.667. The van der Waals surface area contributed by atoms with E-state index in [9.17, 15) is 4.79 Å². The van der Waals surface area contributed by atoms with Crippen LogP contribution in [0.3, 0.4) is 0 Å². The van der Waals surface area contributed by atoms with Crippen LogP contribution in [-0.2, 0) is 4.79 Å². The lowest BCUT2D eigenvalue weighted by atomic mass is 10.2. The SMILES string of the molecule is O=C1C=CCN1N1CCCCC1. The Morgan fingerprint density at radius 3 is 2.50 bits per heavy atom. The van der Waals surface area contributed by atoms with E-state index in [0.29, 0.717) is 0 Å². The maximum absolute atomic E-state index is 11.3. The molecule has 2 aliphatic heterocycles. The lowest BCUT2D eigenvalue weighted by Gasteiger charge is -2.34. The van der Waals surface area contributed by atoms with E-state index in [2.05, 4.69) is 5.01 Å². The summed E-state index contributed by atoms with van der Waals surface area (Å²) in [5, 5.41) is 4.02. The van der Waals surface area contributed by atoms with Gasteiger partial charge in [0.05, 0.1) is 6.54 Å². The van der Waals surface area contributed by atoms with Gasteiger partial charge in [-0.3, -0.25) is 9.80 Å². The van der Waals surface area contributed by atoms with Gasteiger partial charge in [0, 0.05) is 19.2 Å². The Hall–Kier alpha value is -0.830. The van der Waals surface area contributed by atoms with E-state index in [0.717, 1.165) is 19.6 Å². The molecule has 0 aromatic carbocycles. The lowest BCUT2D eigenvalue weighted by Crippen LogP contribution is -2.46. The molecule has 1 amide bonds. The van der Waals surface area contributed by atoms with E-state index < -0.39 is 0 Å². The third-order valence-corrected chi connectivity index (χ3v) is 2.47. The van der Waals surface area contributed by atoms with Crippen molar-refractivity contribution in [2.75, 3.05) is 19.6 Å². The Labute approximate surface area is 72.6 Å². The number of rotatable bonds is 1. The van der Waals surface area contributed by atoms with Gasteiger partial charge in [-0.2, -0.15) is 0 Å². The Balaban J connectivity index is 1.95. The molecule has 0 aliphatic carbocycles. The zero-order chi connectivity index (χ0) is 8.39. The van der Waals surface area contributed by atoms with Gasteiger partial charge in [0.25, 0.3) is 5.91 Å². The summed E-state index contributed by atoms with van der Waals surface area (Å²) in [5.74, 6) is 0.150. The normalized spacial score (nSPS) is 25.3. The second-order valence-corrected chi connectivity index (χ2v) is 3.34. The minimum Gasteiger partial charge on any atom is -0.268 e. The summed E-state index contributed by atoms with van der Waals surface area (Å²) in [4.78, 5) is 11.3. The third-order valence-electron chi connectivity index (χ3n) is 2.47. The van der Waals surface area contributed by atoms with Crippen LogP contribution in [0.15, 0.2) is 12.2 Å². The van der Waals surface area contributed by atoms with Gasteiger partial charge < -0.3 is 0 Å². The van der Waals surface area contributed by atoms with Crippen LogP contribution in [0.4, 0.5) is 0 Å². The van der Waals surface area contributed by atoms with Crippen molar-refractivity contribution in [2.45, 2.75) is 19.3 Å². The number of carbonyl (C=O) groups excluding carboxylic acids is 1. The highest BCUT2D eigenvalue weighted by Gasteiger charge is 2.23. The van der Waals surface area contributed by atoms with Gasteiger partial charge in [0.2, 0.25) is 0 Å². The molecule has 0 atom stereocenters. The molecule has 2 aliphatic rings. The number of piperidine rings is 1. The van der Waals surface area contributed by atoms with E-state index >= 15 is 0 Å². The minimum absolute atomic E-state index is 0.150. The van der Waals surface area contributed by atoms with Gasteiger partial charge in [0.1, 0.15) is 0 Å². The van der Waals surface area contributed by atoms with E-state index in [1.807, 2.05) is 11.1 Å². The summed E-state index contributed by atoms with van der Waals surface area (Å²) in [6.07, 6.45) is 7.35. The first-order chi connectivity index (χ1) is 5.88. The largest absolute Gasteiger partial charge is 0.268 e. The van der Waals surface area contributed by atoms with Crippen LogP contribution in [0.1, 0.15) is 19.3 Å². The molecule has 1 fully saturated rings. The van der Waals surface area contributed by atoms with Gasteiger partial charge in [-0.1, -0.05) is 12.5 Å². The number of hydrazine groups is 1. The summed E-state index contributed by atoms with van der Waals surface area (Å²) in [5.41, 5.74) is 0. The monoisotopic (exact) mass is 166 g/mol. The predicted octanol–water partition coefficient (Wildman–Crippen LogP) is 0.786. The van der Waals surface area contributed by atoms with E-state index in [1.54, 1.807) is 6.08 Å². The Morgan fingerprint density at radius 1 is 1.17 bits per heavy atom. The number of carbonyl (C=O) groups is 1. The molecule has 12 heavy (non-hydrogen) atoms. The maximum atomic E-state index is 11.3. The molecular weight excluding hydrogens is 152 g/mol. The number of nitrogens with zero attached hydrogens (tertiary/aromatic N) is 2. The first-order valence-corrected chi connectivity index (χ1v) is 4.61. The van der Waals surface area contributed by atoms with Gasteiger partial charge in [-0.05, 0) is 12.8 Å². The van der Waals surface area contributed by atoms with Crippen LogP contribution in [-0.4, -0.2) is 35.6 Å². The topological polar surface area (TPSA) is 23.6 Å². The molecular formula is C9H14N2O. The van der Waals surface area contributed by atoms with Crippen molar-refractivity contribution in [3.63, 3.8) is 0 Å². The highest BCUT2D eigenvalue weighted by molar-refractivity contribution is 5.89. The highest BCUT2D eigenvalue weighted by atomic mass is 16.2. The minimum atomic E-state index is 0.150. The van der Waals surface area contributed by atoms with Crippen molar-refractivity contribution in [3.05, 3.63) is 12.2 Å². The summed E-state index contributed by atoms with van der Waals surface area (Å²) < 4.78 is 0. The predicted molar refractivity (Wildman–Crippen MR) is 46.3 cm³/mol. The van der Waals surface area contributed by atoms with Crippen molar-refractivity contribution in [2.24, 2.45) is 0 Å². The summed E-state index contributed by atoms with van der Waals surface area (Å²) >= 11 is 0. The van der Waals surface area contributed by atoms with E-state index in [1.165, 1.54) is 19.3 Å². The molecule has 66 valence electrons. The molecule has 0 N–H and O–H groups in total. The average Bonchev–Trinajstić information content (AvgIpc) is 2.53. The van der Waals surface area contributed by atoms with Crippen molar-refractivity contribution >= 4 is 5.91 Å². The molecule has 0 aromatic heterocycles. The lowest BCUT2D eigenvalue weighted by molar-refractivity contribution is -0.141. The molecule has 3 nitrogen and oxygen atoms in total. The summed E-state index contributed by atoms with van der Waals surface area (Å²) in [6.45, 7) is 2.87. The maximum Gasteiger partial charge on any atom is 0.260 e. The molecule has 2 rings (SSSR count). The molecule has 0 unspecified atom stereocenters. The van der Waals surface area contributed by atoms with Gasteiger partial charge >= 0.3 is 0 Å². The highest BCUT2D eigenvalue weighted by Crippen LogP contribution is 2.14. The van der Waals surface area contributed by atoms with Crippen LogP contribution in [0.2, 0.25) is 0 Å². The van der Waals surface area contributed by atoms with Crippen LogP contribution >= 0.6 is 0 Å². The van der Waals surface area contributed by atoms with E-state index in [4.69, 9.17) is 0 Å².